The Morgan fingerprint density at radius 1 is 1.39 bits per heavy atom. The number of ether oxygens (including phenoxy) is 1. The molecule has 18 heavy (non-hydrogen) atoms. The lowest BCUT2D eigenvalue weighted by Crippen LogP contribution is -2.44. The first-order chi connectivity index (χ1) is 8.26. The summed E-state index contributed by atoms with van der Waals surface area (Å²) in [7, 11) is 0. The Kier molecular flexibility index (Phi) is 4.83. The van der Waals surface area contributed by atoms with Crippen LogP contribution >= 0.6 is 0 Å². The van der Waals surface area contributed by atoms with E-state index < -0.39 is 5.60 Å². The van der Waals surface area contributed by atoms with Gasteiger partial charge in [-0.05, 0) is 51.9 Å². The average Bonchev–Trinajstić information content (AvgIpc) is 2.25. The zero-order chi connectivity index (χ0) is 13.8. The van der Waals surface area contributed by atoms with E-state index in [-0.39, 0.29) is 6.09 Å². The van der Waals surface area contributed by atoms with E-state index in [0.29, 0.717) is 5.41 Å². The van der Waals surface area contributed by atoms with E-state index >= 15 is 0 Å². The van der Waals surface area contributed by atoms with Crippen LogP contribution in [0.4, 0.5) is 4.79 Å². The van der Waals surface area contributed by atoms with Gasteiger partial charge in [0.25, 0.3) is 0 Å². The average molecular weight is 253 g/mol. The van der Waals surface area contributed by atoms with E-state index in [1.54, 1.807) is 0 Å². The lowest BCUT2D eigenvalue weighted by Gasteiger charge is -2.39. The molecule has 0 bridgehead atoms. The zero-order valence-corrected chi connectivity index (χ0v) is 12.3. The molecular formula is C15H27NO2. The highest BCUT2D eigenvalue weighted by Crippen LogP contribution is 2.35. The van der Waals surface area contributed by atoms with Crippen LogP contribution in [0.2, 0.25) is 0 Å². The quantitative estimate of drug-likeness (QED) is 0.712. The maximum Gasteiger partial charge on any atom is 0.410 e. The van der Waals surface area contributed by atoms with Crippen LogP contribution in [0.3, 0.4) is 0 Å². The molecule has 0 N–H and O–H groups in total. The van der Waals surface area contributed by atoms with Crippen LogP contribution in [-0.2, 0) is 4.74 Å². The van der Waals surface area contributed by atoms with Gasteiger partial charge in [-0.3, -0.25) is 0 Å². The van der Waals surface area contributed by atoms with Crippen molar-refractivity contribution in [1.29, 1.82) is 0 Å². The molecule has 0 atom stereocenters. The molecule has 1 aliphatic heterocycles. The molecule has 0 unspecified atom stereocenters. The predicted molar refractivity (Wildman–Crippen MR) is 74.6 cm³/mol. The lowest BCUT2D eigenvalue weighted by molar-refractivity contribution is 0.0112. The van der Waals surface area contributed by atoms with Gasteiger partial charge in [0, 0.05) is 13.1 Å². The molecule has 0 spiro atoms. The van der Waals surface area contributed by atoms with Gasteiger partial charge < -0.3 is 9.64 Å². The van der Waals surface area contributed by atoms with Crippen LogP contribution in [0.15, 0.2) is 12.7 Å². The summed E-state index contributed by atoms with van der Waals surface area (Å²) in [5, 5.41) is 0. The van der Waals surface area contributed by atoms with Crippen molar-refractivity contribution in [3.8, 4) is 0 Å². The number of carbonyl (C=O) groups excluding carboxylic acids is 1. The van der Waals surface area contributed by atoms with Crippen LogP contribution in [0.5, 0.6) is 0 Å². The second-order valence-corrected chi connectivity index (χ2v) is 6.61. The molecule has 1 saturated heterocycles. The van der Waals surface area contributed by atoms with E-state index in [0.717, 1.165) is 32.4 Å². The van der Waals surface area contributed by atoms with Crippen molar-refractivity contribution in [3.63, 3.8) is 0 Å². The highest BCUT2D eigenvalue weighted by atomic mass is 16.6. The largest absolute Gasteiger partial charge is 0.444 e. The van der Waals surface area contributed by atoms with Crippen LogP contribution in [0, 0.1) is 5.41 Å². The summed E-state index contributed by atoms with van der Waals surface area (Å²) in [6, 6.07) is 0. The van der Waals surface area contributed by atoms with Crippen molar-refractivity contribution < 1.29 is 9.53 Å². The molecule has 1 amide bonds. The third-order valence-electron chi connectivity index (χ3n) is 3.57. The molecule has 0 aromatic heterocycles. The summed E-state index contributed by atoms with van der Waals surface area (Å²) in [5.41, 5.74) is -0.0482. The van der Waals surface area contributed by atoms with E-state index in [9.17, 15) is 4.79 Å². The number of likely N-dealkylation sites (tertiary alicyclic amines) is 1. The molecule has 0 aromatic carbocycles. The second kappa shape index (κ2) is 5.77. The minimum absolute atomic E-state index is 0.173. The molecule has 3 nitrogen and oxygen atoms in total. The monoisotopic (exact) mass is 253 g/mol. The molecule has 0 aliphatic carbocycles. The van der Waals surface area contributed by atoms with Crippen molar-refractivity contribution in [2.75, 3.05) is 13.1 Å². The molecule has 0 radical (unpaired) electrons. The Labute approximate surface area is 111 Å². The Morgan fingerprint density at radius 3 is 2.39 bits per heavy atom. The van der Waals surface area contributed by atoms with Gasteiger partial charge in [-0.15, -0.1) is 6.58 Å². The molecular weight excluding hydrogens is 226 g/mol. The summed E-state index contributed by atoms with van der Waals surface area (Å²) in [5.74, 6) is 0. The normalized spacial score (nSPS) is 19.4. The number of piperidine rings is 1. The molecule has 0 aromatic rings. The van der Waals surface area contributed by atoms with Gasteiger partial charge in [-0.1, -0.05) is 13.0 Å². The predicted octanol–water partition coefficient (Wildman–Crippen LogP) is 3.99. The molecule has 0 saturated carbocycles. The number of nitrogens with zero attached hydrogens (tertiary/aromatic N) is 1. The minimum atomic E-state index is -0.402. The van der Waals surface area contributed by atoms with Gasteiger partial charge in [0.2, 0.25) is 0 Å². The Hall–Kier alpha value is -0.990. The zero-order valence-electron chi connectivity index (χ0n) is 12.3. The summed E-state index contributed by atoms with van der Waals surface area (Å²) in [4.78, 5) is 13.8. The third-order valence-corrected chi connectivity index (χ3v) is 3.57. The number of carbonyl (C=O) groups is 1. The Balaban J connectivity index is 2.43. The van der Waals surface area contributed by atoms with E-state index in [1.807, 2.05) is 31.7 Å². The van der Waals surface area contributed by atoms with Gasteiger partial charge in [-0.2, -0.15) is 0 Å². The van der Waals surface area contributed by atoms with E-state index in [1.165, 1.54) is 6.42 Å². The second-order valence-electron chi connectivity index (χ2n) is 6.61. The highest BCUT2D eigenvalue weighted by Gasteiger charge is 2.32. The first kappa shape index (κ1) is 15.1. The number of rotatable bonds is 3. The summed E-state index contributed by atoms with van der Waals surface area (Å²) in [6.45, 7) is 13.4. The SMILES string of the molecule is C=CCCC1(C)CCN(C(=O)OC(C)(C)C)CC1. The van der Waals surface area contributed by atoms with E-state index in [2.05, 4.69) is 13.5 Å². The Morgan fingerprint density at radius 2 is 1.94 bits per heavy atom. The van der Waals surface area contributed by atoms with Crippen molar-refractivity contribution >= 4 is 6.09 Å². The van der Waals surface area contributed by atoms with E-state index in [4.69, 9.17) is 4.74 Å². The number of amides is 1. The summed E-state index contributed by atoms with van der Waals surface area (Å²) >= 11 is 0. The van der Waals surface area contributed by atoms with Crippen LogP contribution in [0.25, 0.3) is 0 Å². The molecule has 1 aliphatic rings. The number of hydrogen-bond donors (Lipinski definition) is 0. The molecule has 1 heterocycles. The first-order valence-corrected chi connectivity index (χ1v) is 6.85. The van der Waals surface area contributed by atoms with Crippen molar-refractivity contribution in [2.24, 2.45) is 5.41 Å². The number of allylic oxidation sites excluding steroid dienone is 1. The van der Waals surface area contributed by atoms with Gasteiger partial charge in [-0.25, -0.2) is 4.79 Å². The topological polar surface area (TPSA) is 29.5 Å². The summed E-state index contributed by atoms with van der Waals surface area (Å²) < 4.78 is 5.40. The third kappa shape index (κ3) is 4.71. The van der Waals surface area contributed by atoms with Crippen LogP contribution in [0.1, 0.15) is 53.4 Å². The fourth-order valence-corrected chi connectivity index (χ4v) is 2.26. The molecule has 104 valence electrons. The van der Waals surface area contributed by atoms with Gasteiger partial charge in [0.15, 0.2) is 0 Å². The maximum atomic E-state index is 11.9. The summed E-state index contributed by atoms with van der Waals surface area (Å²) in [6.07, 6.45) is 6.14. The first-order valence-electron chi connectivity index (χ1n) is 6.85. The molecule has 1 fully saturated rings. The Bertz CT molecular complexity index is 296. The lowest BCUT2D eigenvalue weighted by atomic mass is 9.77. The van der Waals surface area contributed by atoms with Crippen molar-refractivity contribution in [1.82, 2.24) is 4.90 Å². The van der Waals surface area contributed by atoms with Crippen molar-refractivity contribution in [3.05, 3.63) is 12.7 Å². The van der Waals surface area contributed by atoms with Crippen LogP contribution < -0.4 is 0 Å². The highest BCUT2D eigenvalue weighted by molar-refractivity contribution is 5.68. The fourth-order valence-electron chi connectivity index (χ4n) is 2.26. The van der Waals surface area contributed by atoms with Crippen LogP contribution in [-0.4, -0.2) is 29.7 Å². The standard InChI is InChI=1S/C15H27NO2/c1-6-7-8-15(5)9-11-16(12-10-15)13(17)18-14(2,3)4/h6H,1,7-12H2,2-5H3. The smallest absolute Gasteiger partial charge is 0.410 e. The maximum absolute atomic E-state index is 11.9. The van der Waals surface area contributed by atoms with Crippen molar-refractivity contribution in [2.45, 2.75) is 59.0 Å². The fraction of sp³-hybridized carbons (Fsp3) is 0.800. The minimum Gasteiger partial charge on any atom is -0.444 e. The van der Waals surface area contributed by atoms with Gasteiger partial charge in [0.1, 0.15) is 5.60 Å². The van der Waals surface area contributed by atoms with Gasteiger partial charge in [0.05, 0.1) is 0 Å². The number of hydrogen-bond acceptors (Lipinski definition) is 2. The molecule has 3 heteroatoms. The molecule has 1 rings (SSSR count). The van der Waals surface area contributed by atoms with Gasteiger partial charge >= 0.3 is 6.09 Å².